The predicted molar refractivity (Wildman–Crippen MR) is 102 cm³/mol. The average Bonchev–Trinajstić information content (AvgIpc) is 2.88. The minimum Gasteiger partial charge on any atom is -0.485 e. The van der Waals surface area contributed by atoms with Gasteiger partial charge in [-0.25, -0.2) is 14.3 Å². The highest BCUT2D eigenvalue weighted by Crippen LogP contribution is 2.36. The number of hydrogen-bond donors (Lipinski definition) is 1. The van der Waals surface area contributed by atoms with E-state index in [9.17, 15) is 9.18 Å². The third-order valence-electron chi connectivity index (χ3n) is 4.42. The maximum absolute atomic E-state index is 14.7. The Morgan fingerprint density at radius 3 is 2.62 bits per heavy atom. The lowest BCUT2D eigenvalue weighted by Gasteiger charge is -2.24. The Kier molecular flexibility index (Phi) is 6.05. The highest BCUT2D eigenvalue weighted by atomic mass is 19.1. The van der Waals surface area contributed by atoms with Crippen LogP contribution in [0.3, 0.4) is 0 Å². The summed E-state index contributed by atoms with van der Waals surface area (Å²) in [6.07, 6.45) is 2.79. The molecule has 0 radical (unpaired) electrons. The Balaban J connectivity index is 2.36. The molecular formula is C20H28FN3O2. The van der Waals surface area contributed by atoms with Crippen molar-refractivity contribution in [2.24, 2.45) is 7.05 Å². The fourth-order valence-electron chi connectivity index (χ4n) is 2.71. The number of hydrogen-bond acceptors (Lipinski definition) is 3. The number of benzene rings is 1. The molecule has 1 heterocycles. The molecule has 0 aliphatic rings. The Morgan fingerprint density at radius 2 is 2.08 bits per heavy atom. The number of aromatic amines is 1. The topological polar surface area (TPSA) is 59.9 Å². The normalized spacial score (nSPS) is 11.6. The molecule has 0 saturated heterocycles. The quantitative estimate of drug-likeness (QED) is 0.798. The Bertz CT molecular complexity index is 844. The van der Waals surface area contributed by atoms with E-state index in [1.165, 1.54) is 10.6 Å². The van der Waals surface area contributed by atoms with Crippen molar-refractivity contribution in [3.05, 3.63) is 52.0 Å². The summed E-state index contributed by atoms with van der Waals surface area (Å²) < 4.78 is 21.9. The van der Waals surface area contributed by atoms with Gasteiger partial charge in [-0.1, -0.05) is 40.7 Å². The lowest BCUT2D eigenvalue weighted by molar-refractivity contribution is 0.281. The summed E-state index contributed by atoms with van der Waals surface area (Å²) in [6, 6.07) is 3.25. The van der Waals surface area contributed by atoms with Gasteiger partial charge in [-0.2, -0.15) is 5.10 Å². The van der Waals surface area contributed by atoms with Crippen LogP contribution < -0.4 is 10.4 Å². The van der Waals surface area contributed by atoms with Gasteiger partial charge < -0.3 is 4.74 Å². The van der Waals surface area contributed by atoms with Gasteiger partial charge in [-0.05, 0) is 29.9 Å². The lowest BCUT2D eigenvalue weighted by Crippen LogP contribution is -2.17. The zero-order chi connectivity index (χ0) is 19.5. The summed E-state index contributed by atoms with van der Waals surface area (Å²) in [5, 5.41) is 6.28. The van der Waals surface area contributed by atoms with Crippen molar-refractivity contribution in [2.45, 2.75) is 59.0 Å². The molecule has 2 rings (SSSR count). The molecule has 1 N–H and O–H groups in total. The highest BCUT2D eigenvalue weighted by Gasteiger charge is 2.23. The van der Waals surface area contributed by atoms with Gasteiger partial charge in [0.1, 0.15) is 18.2 Å². The Hall–Kier alpha value is -2.37. The molecule has 0 aliphatic heterocycles. The second-order valence-electron chi connectivity index (χ2n) is 7.58. The maximum atomic E-state index is 14.7. The SMILES string of the molecule is C=C(CCCC)c1cc(C(C)(C)C)c(OCc2n[nH]c(=O)n2C)cc1F. The first-order chi connectivity index (χ1) is 12.1. The minimum atomic E-state index is -0.343. The van der Waals surface area contributed by atoms with Crippen LogP contribution in [-0.4, -0.2) is 14.8 Å². The molecule has 0 fully saturated rings. The van der Waals surface area contributed by atoms with Crippen molar-refractivity contribution in [3.63, 3.8) is 0 Å². The first-order valence-electron chi connectivity index (χ1n) is 8.90. The molecule has 0 bridgehead atoms. The van der Waals surface area contributed by atoms with E-state index >= 15 is 0 Å². The van der Waals surface area contributed by atoms with Crippen LogP contribution in [0, 0.1) is 5.82 Å². The molecule has 0 amide bonds. The smallest absolute Gasteiger partial charge is 0.343 e. The number of halogens is 1. The second kappa shape index (κ2) is 7.89. The molecule has 0 aliphatic carbocycles. The monoisotopic (exact) mass is 361 g/mol. The molecule has 26 heavy (non-hydrogen) atoms. The number of ether oxygens (including phenoxy) is 1. The number of H-pyrrole nitrogens is 1. The van der Waals surface area contributed by atoms with Gasteiger partial charge >= 0.3 is 5.69 Å². The molecule has 1 aromatic carbocycles. The number of allylic oxidation sites excluding steroid dienone is 1. The van der Waals surface area contributed by atoms with Crippen LogP contribution in [0.15, 0.2) is 23.5 Å². The average molecular weight is 361 g/mol. The number of nitrogens with one attached hydrogen (secondary N) is 1. The van der Waals surface area contributed by atoms with Crippen LogP contribution in [-0.2, 0) is 19.1 Å². The van der Waals surface area contributed by atoms with Crippen LogP contribution in [0.4, 0.5) is 4.39 Å². The van der Waals surface area contributed by atoms with E-state index in [0.717, 1.165) is 30.4 Å². The van der Waals surface area contributed by atoms with Crippen molar-refractivity contribution < 1.29 is 9.13 Å². The third-order valence-corrected chi connectivity index (χ3v) is 4.42. The van der Waals surface area contributed by atoms with Crippen molar-refractivity contribution in [1.29, 1.82) is 0 Å². The lowest BCUT2D eigenvalue weighted by atomic mass is 9.84. The first kappa shape index (κ1) is 19.9. The van der Waals surface area contributed by atoms with Crippen LogP contribution in [0.1, 0.15) is 63.9 Å². The molecule has 0 saturated carbocycles. The molecule has 0 atom stereocenters. The highest BCUT2D eigenvalue weighted by molar-refractivity contribution is 5.66. The van der Waals surface area contributed by atoms with Gasteiger partial charge in [0.15, 0.2) is 5.82 Å². The summed E-state index contributed by atoms with van der Waals surface area (Å²) in [5.74, 6) is 0.564. The molecule has 1 aromatic heterocycles. The largest absolute Gasteiger partial charge is 0.485 e. The first-order valence-corrected chi connectivity index (χ1v) is 8.90. The van der Waals surface area contributed by atoms with E-state index in [2.05, 4.69) is 44.5 Å². The van der Waals surface area contributed by atoms with Crippen LogP contribution in [0.5, 0.6) is 5.75 Å². The molecule has 2 aromatic rings. The van der Waals surface area contributed by atoms with E-state index in [1.807, 2.05) is 6.07 Å². The Labute approximate surface area is 153 Å². The molecule has 6 heteroatoms. The summed E-state index contributed by atoms with van der Waals surface area (Å²) in [5.41, 5.74) is 1.69. The molecule has 0 unspecified atom stereocenters. The van der Waals surface area contributed by atoms with Crippen molar-refractivity contribution in [1.82, 2.24) is 14.8 Å². The zero-order valence-electron chi connectivity index (χ0n) is 16.3. The zero-order valence-corrected chi connectivity index (χ0v) is 16.3. The van der Waals surface area contributed by atoms with Gasteiger partial charge in [0, 0.05) is 24.2 Å². The minimum absolute atomic E-state index is 0.0773. The van der Waals surface area contributed by atoms with Gasteiger partial charge in [-0.15, -0.1) is 0 Å². The van der Waals surface area contributed by atoms with Gasteiger partial charge in [0.2, 0.25) is 0 Å². The summed E-state index contributed by atoms with van der Waals surface area (Å²) in [4.78, 5) is 11.5. The van der Waals surface area contributed by atoms with E-state index in [-0.39, 0.29) is 23.5 Å². The van der Waals surface area contributed by atoms with Crippen molar-refractivity contribution in [3.8, 4) is 5.75 Å². The van der Waals surface area contributed by atoms with Crippen LogP contribution in [0.2, 0.25) is 0 Å². The molecule has 5 nitrogen and oxygen atoms in total. The number of rotatable bonds is 7. The molecule has 0 spiro atoms. The van der Waals surface area contributed by atoms with E-state index in [0.29, 0.717) is 17.1 Å². The van der Waals surface area contributed by atoms with Crippen LogP contribution >= 0.6 is 0 Å². The van der Waals surface area contributed by atoms with Crippen molar-refractivity contribution >= 4 is 5.57 Å². The number of nitrogens with zero attached hydrogens (tertiary/aromatic N) is 2. The molecule has 142 valence electrons. The van der Waals surface area contributed by atoms with Gasteiger partial charge in [0.25, 0.3) is 0 Å². The Morgan fingerprint density at radius 1 is 1.38 bits per heavy atom. The van der Waals surface area contributed by atoms with Gasteiger partial charge in [0.05, 0.1) is 0 Å². The summed E-state index contributed by atoms with van der Waals surface area (Å²) >= 11 is 0. The maximum Gasteiger partial charge on any atom is 0.343 e. The predicted octanol–water partition coefficient (Wildman–Crippen LogP) is 4.33. The van der Waals surface area contributed by atoms with E-state index < -0.39 is 0 Å². The summed E-state index contributed by atoms with van der Waals surface area (Å²) in [7, 11) is 1.61. The third kappa shape index (κ3) is 4.42. The van der Waals surface area contributed by atoms with Gasteiger partial charge in [-0.3, -0.25) is 4.57 Å². The van der Waals surface area contributed by atoms with Crippen molar-refractivity contribution in [2.75, 3.05) is 0 Å². The second-order valence-corrected chi connectivity index (χ2v) is 7.58. The fraction of sp³-hybridized carbons (Fsp3) is 0.500. The van der Waals surface area contributed by atoms with E-state index in [1.54, 1.807) is 7.05 Å². The summed E-state index contributed by atoms with van der Waals surface area (Å²) in [6.45, 7) is 12.4. The standard InChI is InChI=1S/C20H28FN3O2/c1-7-8-9-13(2)14-10-15(20(3,4)5)17(11-16(14)21)26-12-18-22-23-19(25)24(18)6/h10-11H,2,7-9,12H2,1,3-6H3,(H,23,25). The van der Waals surface area contributed by atoms with Crippen LogP contribution in [0.25, 0.3) is 5.57 Å². The fourth-order valence-corrected chi connectivity index (χ4v) is 2.71. The number of aromatic nitrogens is 3. The molecular weight excluding hydrogens is 333 g/mol. The van der Waals surface area contributed by atoms with E-state index in [4.69, 9.17) is 4.74 Å². The number of unbranched alkanes of at least 4 members (excludes halogenated alkanes) is 1.